The van der Waals surface area contributed by atoms with Crippen LogP contribution in [0.5, 0.6) is 0 Å². The van der Waals surface area contributed by atoms with Crippen molar-refractivity contribution in [3.63, 3.8) is 0 Å². The van der Waals surface area contributed by atoms with Crippen molar-refractivity contribution >= 4 is 16.7 Å². The molecule has 1 aliphatic carbocycles. The highest BCUT2D eigenvalue weighted by Crippen LogP contribution is 2.39. The molecular formula is C11H18N4S. The quantitative estimate of drug-likeness (QED) is 0.873. The summed E-state index contributed by atoms with van der Waals surface area (Å²) in [5.41, 5.74) is 0. The summed E-state index contributed by atoms with van der Waals surface area (Å²) >= 11 is 1.52. The van der Waals surface area contributed by atoms with E-state index in [-0.39, 0.29) is 0 Å². The molecule has 0 spiro atoms. The summed E-state index contributed by atoms with van der Waals surface area (Å²) in [6, 6.07) is 0.554. The molecule has 2 fully saturated rings. The van der Waals surface area contributed by atoms with Crippen LogP contribution in [0.3, 0.4) is 0 Å². The zero-order chi connectivity index (χ0) is 11.0. The van der Waals surface area contributed by atoms with E-state index in [1.807, 2.05) is 0 Å². The number of hydrogen-bond acceptors (Lipinski definition) is 5. The molecule has 0 bridgehead atoms. The summed E-state index contributed by atoms with van der Waals surface area (Å²) < 4.78 is 4.42. The number of likely N-dealkylation sites (tertiary alicyclic amines) is 1. The van der Waals surface area contributed by atoms with Gasteiger partial charge in [0.05, 0.1) is 0 Å². The van der Waals surface area contributed by atoms with Crippen molar-refractivity contribution in [2.45, 2.75) is 37.6 Å². The lowest BCUT2D eigenvalue weighted by Gasteiger charge is -2.29. The van der Waals surface area contributed by atoms with E-state index in [4.69, 9.17) is 0 Å². The molecule has 1 atom stereocenters. The maximum Gasteiger partial charge on any atom is 0.202 e. The summed E-state index contributed by atoms with van der Waals surface area (Å²) in [6.45, 7) is 2.35. The third-order valence-electron chi connectivity index (χ3n) is 3.34. The summed E-state index contributed by atoms with van der Waals surface area (Å²) in [4.78, 5) is 6.95. The van der Waals surface area contributed by atoms with Crippen molar-refractivity contribution in [3.05, 3.63) is 5.82 Å². The van der Waals surface area contributed by atoms with Gasteiger partial charge in [-0.15, -0.1) is 0 Å². The van der Waals surface area contributed by atoms with E-state index in [9.17, 15) is 0 Å². The molecule has 0 amide bonds. The van der Waals surface area contributed by atoms with Gasteiger partial charge in [-0.05, 0) is 39.3 Å². The molecule has 16 heavy (non-hydrogen) atoms. The smallest absolute Gasteiger partial charge is 0.202 e. The van der Waals surface area contributed by atoms with Crippen molar-refractivity contribution < 1.29 is 0 Å². The molecule has 1 saturated heterocycles. The molecule has 4 nitrogen and oxygen atoms in total. The maximum absolute atomic E-state index is 4.57. The first kappa shape index (κ1) is 10.5. The van der Waals surface area contributed by atoms with Gasteiger partial charge in [-0.25, -0.2) is 4.98 Å². The number of likely N-dealkylation sites (N-methyl/N-ethyl adjacent to an activating group) is 1. The minimum absolute atomic E-state index is 0.554. The molecule has 0 radical (unpaired) electrons. The molecule has 1 aliphatic heterocycles. The minimum Gasteiger partial charge on any atom is -0.356 e. The van der Waals surface area contributed by atoms with Gasteiger partial charge in [-0.3, -0.25) is 0 Å². The Hall–Kier alpha value is -0.680. The van der Waals surface area contributed by atoms with E-state index in [0.29, 0.717) is 12.0 Å². The molecule has 2 heterocycles. The summed E-state index contributed by atoms with van der Waals surface area (Å²) in [7, 11) is 2.18. The largest absolute Gasteiger partial charge is 0.356 e. The summed E-state index contributed by atoms with van der Waals surface area (Å²) in [5, 5.41) is 4.53. The number of aromatic nitrogens is 2. The van der Waals surface area contributed by atoms with Gasteiger partial charge < -0.3 is 10.2 Å². The molecule has 88 valence electrons. The van der Waals surface area contributed by atoms with Crippen LogP contribution in [0, 0.1) is 0 Å². The van der Waals surface area contributed by atoms with Crippen LogP contribution in [-0.2, 0) is 0 Å². The fourth-order valence-corrected chi connectivity index (χ4v) is 2.98. The second-order valence-electron chi connectivity index (χ2n) is 4.98. The van der Waals surface area contributed by atoms with Gasteiger partial charge in [0.2, 0.25) is 5.13 Å². The van der Waals surface area contributed by atoms with E-state index in [1.165, 1.54) is 43.8 Å². The van der Waals surface area contributed by atoms with Crippen molar-refractivity contribution in [1.29, 1.82) is 0 Å². The first-order chi connectivity index (χ1) is 7.81. The third kappa shape index (κ3) is 2.35. The highest BCUT2D eigenvalue weighted by molar-refractivity contribution is 7.09. The molecule has 3 rings (SSSR count). The van der Waals surface area contributed by atoms with Gasteiger partial charge in [0.15, 0.2) is 0 Å². The predicted molar refractivity (Wildman–Crippen MR) is 66.0 cm³/mol. The zero-order valence-corrected chi connectivity index (χ0v) is 10.5. The lowest BCUT2D eigenvalue weighted by molar-refractivity contribution is 0.261. The minimum atomic E-state index is 0.554. The van der Waals surface area contributed by atoms with Gasteiger partial charge in [0.1, 0.15) is 5.82 Å². The molecule has 1 unspecified atom stereocenters. The standard InChI is InChI=1S/C11H18N4S/c1-15-6-2-3-9(7-15)12-11-13-10(14-16-11)8-4-5-8/h8-9H,2-7H2,1H3,(H,12,13,14). The number of nitrogens with zero attached hydrogens (tertiary/aromatic N) is 3. The molecule has 2 aliphatic rings. The van der Waals surface area contributed by atoms with E-state index in [1.54, 1.807) is 0 Å². The SMILES string of the molecule is CN1CCCC(Nc2nc(C3CC3)ns2)C1. The van der Waals surface area contributed by atoms with Crippen LogP contribution < -0.4 is 5.32 Å². The number of rotatable bonds is 3. The molecule has 1 saturated carbocycles. The van der Waals surface area contributed by atoms with Gasteiger partial charge in [0.25, 0.3) is 0 Å². The van der Waals surface area contributed by atoms with Gasteiger partial charge in [0, 0.05) is 30.0 Å². The van der Waals surface area contributed by atoms with Crippen LogP contribution in [0.1, 0.15) is 37.4 Å². The molecule has 1 aromatic rings. The lowest BCUT2D eigenvalue weighted by atomic mass is 10.1. The average Bonchev–Trinajstić information content (AvgIpc) is 3.01. The molecule has 0 aromatic carbocycles. The van der Waals surface area contributed by atoms with Crippen LogP contribution in [0.2, 0.25) is 0 Å². The van der Waals surface area contributed by atoms with Crippen molar-refractivity contribution in [2.24, 2.45) is 0 Å². The van der Waals surface area contributed by atoms with Crippen molar-refractivity contribution in [1.82, 2.24) is 14.3 Å². The second-order valence-corrected chi connectivity index (χ2v) is 5.73. The van der Waals surface area contributed by atoms with Crippen LogP contribution in [0.25, 0.3) is 0 Å². The zero-order valence-electron chi connectivity index (χ0n) is 9.65. The van der Waals surface area contributed by atoms with Crippen LogP contribution >= 0.6 is 11.5 Å². The number of hydrogen-bond donors (Lipinski definition) is 1. The van der Waals surface area contributed by atoms with E-state index in [0.717, 1.165) is 17.5 Å². The Morgan fingerprint density at radius 2 is 2.25 bits per heavy atom. The Morgan fingerprint density at radius 1 is 1.38 bits per heavy atom. The highest BCUT2D eigenvalue weighted by Gasteiger charge is 2.28. The Bertz CT molecular complexity index is 361. The van der Waals surface area contributed by atoms with Crippen LogP contribution in [0.4, 0.5) is 5.13 Å². The molecular weight excluding hydrogens is 220 g/mol. The van der Waals surface area contributed by atoms with Gasteiger partial charge >= 0.3 is 0 Å². The third-order valence-corrected chi connectivity index (χ3v) is 4.00. The first-order valence-electron chi connectivity index (χ1n) is 6.10. The lowest BCUT2D eigenvalue weighted by Crippen LogP contribution is -2.39. The van der Waals surface area contributed by atoms with Gasteiger partial charge in [-0.1, -0.05) is 0 Å². The fourth-order valence-electron chi connectivity index (χ4n) is 2.26. The molecule has 1 aromatic heterocycles. The molecule has 1 N–H and O–H groups in total. The normalized spacial score (nSPS) is 26.9. The average molecular weight is 238 g/mol. The van der Waals surface area contributed by atoms with E-state index >= 15 is 0 Å². The Kier molecular flexibility index (Phi) is 2.81. The van der Waals surface area contributed by atoms with Crippen molar-refractivity contribution in [2.75, 3.05) is 25.5 Å². The summed E-state index contributed by atoms with van der Waals surface area (Å²) in [5.74, 6) is 1.73. The monoisotopic (exact) mass is 238 g/mol. The Morgan fingerprint density at radius 3 is 3.00 bits per heavy atom. The van der Waals surface area contributed by atoms with E-state index < -0.39 is 0 Å². The number of piperidine rings is 1. The maximum atomic E-state index is 4.57. The Balaban J connectivity index is 1.59. The highest BCUT2D eigenvalue weighted by atomic mass is 32.1. The van der Waals surface area contributed by atoms with Gasteiger partial charge in [-0.2, -0.15) is 4.37 Å². The number of nitrogens with one attached hydrogen (secondary N) is 1. The van der Waals surface area contributed by atoms with Crippen LogP contribution in [-0.4, -0.2) is 40.4 Å². The Labute approximate surface area is 100 Å². The fraction of sp³-hybridized carbons (Fsp3) is 0.818. The van der Waals surface area contributed by atoms with E-state index in [2.05, 4.69) is 26.6 Å². The van der Waals surface area contributed by atoms with Crippen molar-refractivity contribution in [3.8, 4) is 0 Å². The topological polar surface area (TPSA) is 41.0 Å². The number of anilines is 1. The van der Waals surface area contributed by atoms with Crippen LogP contribution in [0.15, 0.2) is 0 Å². The second kappa shape index (κ2) is 4.30. The summed E-state index contributed by atoms with van der Waals surface area (Å²) in [6.07, 6.45) is 5.09. The molecule has 5 heteroatoms. The predicted octanol–water partition coefficient (Wildman–Crippen LogP) is 1.92. The first-order valence-corrected chi connectivity index (χ1v) is 6.87.